The number of pyridine rings is 1. The van der Waals surface area contributed by atoms with Gasteiger partial charge in [0.1, 0.15) is 0 Å². The van der Waals surface area contributed by atoms with Gasteiger partial charge in [-0.15, -0.1) is 16.7 Å². The summed E-state index contributed by atoms with van der Waals surface area (Å²) in [5.41, 5.74) is 0.648. The molecule has 1 saturated heterocycles. The van der Waals surface area contributed by atoms with Gasteiger partial charge in [0.15, 0.2) is 5.65 Å². The van der Waals surface area contributed by atoms with Crippen LogP contribution in [0.25, 0.3) is 5.65 Å². The van der Waals surface area contributed by atoms with Crippen LogP contribution >= 0.6 is 23.2 Å². The average molecular weight is 271 g/mol. The van der Waals surface area contributed by atoms with Crippen molar-refractivity contribution in [1.29, 1.82) is 0 Å². The second-order valence-corrected chi connectivity index (χ2v) is 4.92. The summed E-state index contributed by atoms with van der Waals surface area (Å²) in [5, 5.41) is 4.61. The number of aromatic nitrogens is 3. The van der Waals surface area contributed by atoms with E-state index in [0.29, 0.717) is 29.6 Å². The molecular weight excluding hydrogens is 263 g/mol. The third kappa shape index (κ3) is 1.85. The van der Waals surface area contributed by atoms with Crippen molar-refractivity contribution in [3.8, 4) is 0 Å². The molecule has 7 heteroatoms. The second kappa shape index (κ2) is 3.85. The number of nitrogens with zero attached hydrogens (tertiary/aromatic N) is 4. The topological polar surface area (TPSA) is 50.5 Å². The number of alkyl halides is 1. The first kappa shape index (κ1) is 10.8. The maximum absolute atomic E-state index is 11.7. The van der Waals surface area contributed by atoms with Gasteiger partial charge in [0.2, 0.25) is 5.91 Å². The first-order valence-corrected chi connectivity index (χ1v) is 5.91. The number of halogens is 2. The van der Waals surface area contributed by atoms with Gasteiger partial charge in [-0.05, 0) is 12.1 Å². The SMILES string of the molecule is O=C1CC(Cl)CN1c1nc2ccc(Cl)cn2n1. The summed E-state index contributed by atoms with van der Waals surface area (Å²) in [4.78, 5) is 17.4. The minimum absolute atomic E-state index is 0.0491. The van der Waals surface area contributed by atoms with Crippen molar-refractivity contribution in [3.63, 3.8) is 0 Å². The minimum Gasteiger partial charge on any atom is -0.278 e. The molecule has 3 rings (SSSR count). The maximum Gasteiger partial charge on any atom is 0.252 e. The largest absolute Gasteiger partial charge is 0.278 e. The number of hydrogen-bond acceptors (Lipinski definition) is 3. The lowest BCUT2D eigenvalue weighted by molar-refractivity contribution is -0.117. The van der Waals surface area contributed by atoms with Crippen molar-refractivity contribution in [1.82, 2.24) is 14.6 Å². The van der Waals surface area contributed by atoms with Crippen molar-refractivity contribution >= 4 is 40.7 Å². The predicted octanol–water partition coefficient (Wildman–Crippen LogP) is 1.73. The Bertz CT molecular complexity index is 597. The van der Waals surface area contributed by atoms with Crippen LogP contribution in [-0.2, 0) is 4.79 Å². The monoisotopic (exact) mass is 270 g/mol. The Kier molecular flexibility index (Phi) is 2.45. The lowest BCUT2D eigenvalue weighted by Gasteiger charge is -2.09. The van der Waals surface area contributed by atoms with Crippen LogP contribution in [0.5, 0.6) is 0 Å². The van der Waals surface area contributed by atoms with Crippen molar-refractivity contribution in [3.05, 3.63) is 23.4 Å². The molecule has 0 bridgehead atoms. The molecule has 0 aliphatic carbocycles. The van der Waals surface area contributed by atoms with Crippen LogP contribution in [0.4, 0.5) is 5.95 Å². The number of fused-ring (bicyclic) bond motifs is 1. The van der Waals surface area contributed by atoms with Crippen LogP contribution in [-0.4, -0.2) is 32.4 Å². The molecule has 5 nitrogen and oxygen atoms in total. The highest BCUT2D eigenvalue weighted by molar-refractivity contribution is 6.30. The molecule has 0 spiro atoms. The van der Waals surface area contributed by atoms with E-state index in [1.54, 1.807) is 22.8 Å². The summed E-state index contributed by atoms with van der Waals surface area (Å²) in [6.07, 6.45) is 1.98. The van der Waals surface area contributed by atoms with Crippen molar-refractivity contribution < 1.29 is 4.79 Å². The lowest BCUT2D eigenvalue weighted by Crippen LogP contribution is -2.25. The highest BCUT2D eigenvalue weighted by atomic mass is 35.5. The molecule has 0 radical (unpaired) electrons. The maximum atomic E-state index is 11.7. The first-order valence-electron chi connectivity index (χ1n) is 5.10. The van der Waals surface area contributed by atoms with Crippen molar-refractivity contribution in [2.75, 3.05) is 11.4 Å². The molecule has 88 valence electrons. The third-order valence-electron chi connectivity index (χ3n) is 2.60. The van der Waals surface area contributed by atoms with Gasteiger partial charge in [-0.1, -0.05) is 11.6 Å². The zero-order chi connectivity index (χ0) is 12.0. The highest BCUT2D eigenvalue weighted by Gasteiger charge is 2.31. The van der Waals surface area contributed by atoms with Crippen LogP contribution in [0.15, 0.2) is 18.3 Å². The van der Waals surface area contributed by atoms with Gasteiger partial charge < -0.3 is 0 Å². The average Bonchev–Trinajstić information content (AvgIpc) is 2.80. The first-order chi connectivity index (χ1) is 8.13. The normalized spacial score (nSPS) is 20.5. The van der Waals surface area contributed by atoms with E-state index in [4.69, 9.17) is 23.2 Å². The van der Waals surface area contributed by atoms with Gasteiger partial charge in [0.25, 0.3) is 5.95 Å². The van der Waals surface area contributed by atoms with Crippen LogP contribution < -0.4 is 4.90 Å². The Morgan fingerprint density at radius 1 is 1.41 bits per heavy atom. The number of carbonyl (C=O) groups is 1. The summed E-state index contributed by atoms with van der Waals surface area (Å²) in [5.74, 6) is 0.326. The highest BCUT2D eigenvalue weighted by Crippen LogP contribution is 2.22. The Morgan fingerprint density at radius 3 is 2.94 bits per heavy atom. The van der Waals surface area contributed by atoms with E-state index in [-0.39, 0.29) is 11.3 Å². The molecule has 0 saturated carbocycles. The van der Waals surface area contributed by atoms with E-state index in [9.17, 15) is 4.79 Å². The molecule has 2 aromatic rings. The van der Waals surface area contributed by atoms with Crippen molar-refractivity contribution in [2.45, 2.75) is 11.8 Å². The summed E-state index contributed by atoms with van der Waals surface area (Å²) < 4.78 is 1.55. The number of rotatable bonds is 1. The van der Waals surface area contributed by atoms with Gasteiger partial charge in [-0.2, -0.15) is 4.98 Å². The molecule has 0 aromatic carbocycles. The number of anilines is 1. The standard InChI is InChI=1S/C10H8Cl2N4O/c11-6-1-2-8-13-10(14-16(8)5-6)15-4-7(12)3-9(15)17/h1-2,5,7H,3-4H2. The van der Waals surface area contributed by atoms with E-state index in [1.165, 1.54) is 4.90 Å². The van der Waals surface area contributed by atoms with Gasteiger partial charge >= 0.3 is 0 Å². The molecule has 1 fully saturated rings. The van der Waals surface area contributed by atoms with Crippen LogP contribution in [0.2, 0.25) is 5.02 Å². The summed E-state index contributed by atoms with van der Waals surface area (Å²) >= 11 is 11.8. The number of hydrogen-bond donors (Lipinski definition) is 0. The quantitative estimate of drug-likeness (QED) is 0.742. The third-order valence-corrected chi connectivity index (χ3v) is 3.12. The molecule has 1 aliphatic rings. The van der Waals surface area contributed by atoms with Gasteiger partial charge in [0, 0.05) is 19.2 Å². The van der Waals surface area contributed by atoms with Gasteiger partial charge in [-0.3, -0.25) is 9.69 Å². The molecule has 0 N–H and O–H groups in total. The molecule has 17 heavy (non-hydrogen) atoms. The number of carbonyl (C=O) groups excluding carboxylic acids is 1. The van der Waals surface area contributed by atoms with Crippen LogP contribution in [0.3, 0.4) is 0 Å². The van der Waals surface area contributed by atoms with E-state index in [0.717, 1.165) is 0 Å². The Labute approximate surface area is 107 Å². The van der Waals surface area contributed by atoms with E-state index in [1.807, 2.05) is 0 Å². The smallest absolute Gasteiger partial charge is 0.252 e. The molecule has 1 unspecified atom stereocenters. The fourth-order valence-corrected chi connectivity index (χ4v) is 2.24. The fourth-order valence-electron chi connectivity index (χ4n) is 1.82. The Hall–Kier alpha value is -1.33. The number of amides is 1. The molecular formula is C10H8Cl2N4O. The molecule has 1 aliphatic heterocycles. The summed E-state index contributed by atoms with van der Waals surface area (Å²) in [7, 11) is 0. The Balaban J connectivity index is 2.03. The zero-order valence-electron chi connectivity index (χ0n) is 8.68. The molecule has 3 heterocycles. The van der Waals surface area contributed by atoms with Crippen LogP contribution in [0.1, 0.15) is 6.42 Å². The molecule has 1 amide bonds. The van der Waals surface area contributed by atoms with Gasteiger partial charge in [-0.25, -0.2) is 4.52 Å². The minimum atomic E-state index is -0.169. The van der Waals surface area contributed by atoms with Crippen molar-refractivity contribution in [2.24, 2.45) is 0 Å². The Morgan fingerprint density at radius 2 is 2.24 bits per heavy atom. The zero-order valence-corrected chi connectivity index (χ0v) is 10.2. The summed E-state index contributed by atoms with van der Waals surface area (Å²) in [6, 6.07) is 3.48. The molecule has 2 aromatic heterocycles. The van der Waals surface area contributed by atoms with E-state index >= 15 is 0 Å². The summed E-state index contributed by atoms with van der Waals surface area (Å²) in [6.45, 7) is 0.449. The van der Waals surface area contributed by atoms with Gasteiger partial charge in [0.05, 0.1) is 10.4 Å². The van der Waals surface area contributed by atoms with E-state index < -0.39 is 0 Å². The molecule has 1 atom stereocenters. The second-order valence-electron chi connectivity index (χ2n) is 3.87. The van der Waals surface area contributed by atoms with E-state index in [2.05, 4.69) is 10.1 Å². The fraction of sp³-hybridized carbons (Fsp3) is 0.300. The van der Waals surface area contributed by atoms with Crippen LogP contribution in [0, 0.1) is 0 Å². The predicted molar refractivity (Wildman–Crippen MR) is 64.6 cm³/mol. The lowest BCUT2D eigenvalue weighted by atomic mass is 10.4.